The van der Waals surface area contributed by atoms with Gasteiger partial charge in [0.25, 0.3) is 0 Å². The zero-order valence-corrected chi connectivity index (χ0v) is 15.8. The summed E-state index contributed by atoms with van der Waals surface area (Å²) in [4.78, 5) is 1.82. The van der Waals surface area contributed by atoms with E-state index >= 15 is 3.89 Å². The van der Waals surface area contributed by atoms with Crippen molar-refractivity contribution in [3.8, 4) is 17.2 Å². The highest BCUT2D eigenvalue weighted by Gasteiger charge is 2.31. The lowest BCUT2D eigenvalue weighted by Crippen LogP contribution is -1.98. The summed E-state index contributed by atoms with van der Waals surface area (Å²) in [6.45, 7) is 0. The van der Waals surface area contributed by atoms with Crippen LogP contribution in [0.3, 0.4) is 0 Å². The van der Waals surface area contributed by atoms with Gasteiger partial charge in [0.1, 0.15) is 17.2 Å². The van der Waals surface area contributed by atoms with Crippen LogP contribution in [-0.4, -0.2) is 21.3 Å². The van der Waals surface area contributed by atoms with Crippen molar-refractivity contribution in [1.82, 2.24) is 0 Å². The van der Waals surface area contributed by atoms with Crippen LogP contribution >= 0.6 is 10.4 Å². The van der Waals surface area contributed by atoms with E-state index in [1.807, 2.05) is 0 Å². The predicted molar refractivity (Wildman–Crippen MR) is 102 cm³/mol. The molecule has 0 N–H and O–H groups in total. The minimum absolute atomic E-state index is 0.605. The number of halogens is 1. The minimum Gasteiger partial charge on any atom is -0.497 e. The first-order chi connectivity index (χ1) is 12.6. The van der Waals surface area contributed by atoms with Crippen molar-refractivity contribution >= 4 is 10.4 Å². The molecule has 3 rings (SSSR count). The van der Waals surface area contributed by atoms with Gasteiger partial charge in [0.2, 0.25) is 0 Å². The summed E-state index contributed by atoms with van der Waals surface area (Å²) in [5.41, 5.74) is 0. The number of hydrogen-bond donors (Lipinski definition) is 0. The molecule has 3 nitrogen and oxygen atoms in total. The van der Waals surface area contributed by atoms with Crippen LogP contribution in [0.5, 0.6) is 17.2 Å². The topological polar surface area (TPSA) is 27.7 Å². The molecule has 0 atom stereocenters. The summed E-state index contributed by atoms with van der Waals surface area (Å²) in [5.74, 6) is 2.08. The highest BCUT2D eigenvalue weighted by molar-refractivity contribution is 8.29. The summed E-state index contributed by atoms with van der Waals surface area (Å²) in [6.07, 6.45) is 0. The lowest BCUT2D eigenvalue weighted by Gasteiger charge is -2.32. The summed E-state index contributed by atoms with van der Waals surface area (Å²) >= 11 is 0. The Morgan fingerprint density at radius 1 is 0.500 bits per heavy atom. The smallest absolute Gasteiger partial charge is 0.118 e. The quantitative estimate of drug-likeness (QED) is 0.541. The van der Waals surface area contributed by atoms with Crippen LogP contribution in [0.1, 0.15) is 0 Å². The molecule has 0 aliphatic carbocycles. The molecule has 0 aliphatic heterocycles. The third kappa shape index (κ3) is 3.35. The minimum atomic E-state index is -2.92. The Bertz CT molecular complexity index is 730. The summed E-state index contributed by atoms with van der Waals surface area (Å²) in [7, 11) is 1.87. The molecule has 3 aromatic rings. The van der Waals surface area contributed by atoms with Gasteiger partial charge in [0.05, 0.1) is 21.3 Å². The molecular weight excluding hydrogens is 351 g/mol. The molecule has 0 spiro atoms. The fourth-order valence-electron chi connectivity index (χ4n) is 2.70. The number of hydrogen-bond acceptors (Lipinski definition) is 3. The van der Waals surface area contributed by atoms with E-state index in [2.05, 4.69) is 0 Å². The number of rotatable bonds is 6. The summed E-state index contributed by atoms with van der Waals surface area (Å²) < 4.78 is 32.3. The average molecular weight is 372 g/mol. The van der Waals surface area contributed by atoms with E-state index in [1.54, 1.807) is 94.1 Å². The van der Waals surface area contributed by atoms with Gasteiger partial charge in [-0.1, -0.05) is 0 Å². The van der Waals surface area contributed by atoms with Crippen LogP contribution in [0.2, 0.25) is 0 Å². The second-order valence-electron chi connectivity index (χ2n) is 5.56. The molecule has 3 aromatic carbocycles. The Morgan fingerprint density at radius 2 is 0.731 bits per heavy atom. The van der Waals surface area contributed by atoms with E-state index in [0.717, 1.165) is 0 Å². The van der Waals surface area contributed by atoms with Crippen LogP contribution in [0.15, 0.2) is 87.5 Å². The lowest BCUT2D eigenvalue weighted by atomic mass is 10.3. The Balaban J connectivity index is 2.15. The molecular formula is C21H21FO3S. The fraction of sp³-hybridized carbons (Fsp3) is 0.143. The van der Waals surface area contributed by atoms with Crippen molar-refractivity contribution in [2.24, 2.45) is 0 Å². The maximum Gasteiger partial charge on any atom is 0.118 e. The van der Waals surface area contributed by atoms with Gasteiger partial charge in [-0.3, -0.25) is 0 Å². The Morgan fingerprint density at radius 3 is 0.923 bits per heavy atom. The summed E-state index contributed by atoms with van der Waals surface area (Å²) in [6, 6.07) is 21.4. The first-order valence-electron chi connectivity index (χ1n) is 8.07. The Kier molecular flexibility index (Phi) is 5.38. The third-order valence-electron chi connectivity index (χ3n) is 4.15. The third-order valence-corrected chi connectivity index (χ3v) is 6.92. The van der Waals surface area contributed by atoms with Gasteiger partial charge >= 0.3 is 0 Å². The van der Waals surface area contributed by atoms with E-state index in [-0.39, 0.29) is 0 Å². The number of methoxy groups -OCH3 is 3. The van der Waals surface area contributed by atoms with Gasteiger partial charge in [-0.2, -0.15) is 3.89 Å². The average Bonchev–Trinajstić information content (AvgIpc) is 2.73. The van der Waals surface area contributed by atoms with Gasteiger partial charge in [0.15, 0.2) is 0 Å². The highest BCUT2D eigenvalue weighted by atomic mass is 32.3. The highest BCUT2D eigenvalue weighted by Crippen LogP contribution is 2.69. The standard InChI is InChI=1S/C21H21FO3S/c1-23-16-4-10-19(11-5-16)26(22,20-12-6-17(24-2)7-13-20)21-14-8-18(25-3)9-15-21/h4-15H,1-3H3. The molecule has 0 aliphatic rings. The molecule has 0 amide bonds. The van der Waals surface area contributed by atoms with Gasteiger partial charge in [-0.05, 0) is 83.2 Å². The molecule has 0 fully saturated rings. The van der Waals surface area contributed by atoms with Crippen LogP contribution in [-0.2, 0) is 0 Å². The lowest BCUT2D eigenvalue weighted by molar-refractivity contribution is 0.414. The molecule has 0 saturated carbocycles. The predicted octanol–water partition coefficient (Wildman–Crippen LogP) is 5.88. The van der Waals surface area contributed by atoms with Crippen LogP contribution in [0.25, 0.3) is 0 Å². The van der Waals surface area contributed by atoms with Crippen molar-refractivity contribution in [2.45, 2.75) is 14.7 Å². The van der Waals surface area contributed by atoms with Gasteiger partial charge < -0.3 is 14.2 Å². The second kappa shape index (κ2) is 7.70. The van der Waals surface area contributed by atoms with Gasteiger partial charge in [-0.15, -0.1) is 0 Å². The van der Waals surface area contributed by atoms with E-state index in [4.69, 9.17) is 14.2 Å². The number of benzene rings is 3. The SMILES string of the molecule is COc1ccc(S(F)(c2ccc(OC)cc2)c2ccc(OC)cc2)cc1. The maximum absolute atomic E-state index is 16.7. The molecule has 136 valence electrons. The normalized spacial score (nSPS) is 11.7. The van der Waals surface area contributed by atoms with E-state index in [0.29, 0.717) is 31.9 Å². The molecule has 0 aromatic heterocycles. The zero-order valence-electron chi connectivity index (χ0n) is 14.9. The van der Waals surface area contributed by atoms with Crippen LogP contribution in [0.4, 0.5) is 3.89 Å². The van der Waals surface area contributed by atoms with Gasteiger partial charge in [-0.25, -0.2) is 0 Å². The van der Waals surface area contributed by atoms with Crippen LogP contribution in [0, 0.1) is 0 Å². The molecule has 0 saturated heterocycles. The van der Waals surface area contributed by atoms with Gasteiger partial charge in [0, 0.05) is 14.7 Å². The number of ether oxygens (including phenoxy) is 3. The van der Waals surface area contributed by atoms with Crippen molar-refractivity contribution in [3.05, 3.63) is 72.8 Å². The molecule has 0 heterocycles. The van der Waals surface area contributed by atoms with Crippen molar-refractivity contribution in [2.75, 3.05) is 21.3 Å². The molecule has 0 radical (unpaired) electrons. The zero-order chi connectivity index (χ0) is 18.6. The summed E-state index contributed by atoms with van der Waals surface area (Å²) in [5, 5.41) is 0. The van der Waals surface area contributed by atoms with Crippen molar-refractivity contribution < 1.29 is 18.1 Å². The Labute approximate surface area is 155 Å². The fourth-order valence-corrected chi connectivity index (χ4v) is 5.05. The Hall–Kier alpha value is -2.66. The molecule has 26 heavy (non-hydrogen) atoms. The van der Waals surface area contributed by atoms with Crippen molar-refractivity contribution in [3.63, 3.8) is 0 Å². The maximum atomic E-state index is 16.7. The first kappa shape index (κ1) is 18.1. The van der Waals surface area contributed by atoms with E-state index < -0.39 is 10.4 Å². The van der Waals surface area contributed by atoms with E-state index in [1.165, 1.54) is 0 Å². The van der Waals surface area contributed by atoms with E-state index in [9.17, 15) is 0 Å². The largest absolute Gasteiger partial charge is 0.497 e. The second-order valence-corrected chi connectivity index (χ2v) is 8.05. The molecule has 0 bridgehead atoms. The first-order valence-corrected chi connectivity index (χ1v) is 9.60. The van der Waals surface area contributed by atoms with Crippen molar-refractivity contribution in [1.29, 1.82) is 0 Å². The molecule has 5 heteroatoms. The monoisotopic (exact) mass is 372 g/mol. The molecule has 0 unspecified atom stereocenters. The van der Waals surface area contributed by atoms with Crippen LogP contribution < -0.4 is 14.2 Å².